The van der Waals surface area contributed by atoms with E-state index in [0.717, 1.165) is 0 Å². The van der Waals surface area contributed by atoms with E-state index >= 15 is 0 Å². The Kier molecular flexibility index (Phi) is 2.48. The molecule has 0 aliphatic heterocycles. The van der Waals surface area contributed by atoms with Gasteiger partial charge in [0.05, 0.1) is 16.6 Å². The highest BCUT2D eigenvalue weighted by Crippen LogP contribution is 2.43. The molecule has 0 aliphatic rings. The van der Waals surface area contributed by atoms with Crippen molar-refractivity contribution in [3.05, 3.63) is 65.7 Å². The summed E-state index contributed by atoms with van der Waals surface area (Å²) in [5.74, 6) is 0. The Labute approximate surface area is 141 Å². The van der Waals surface area contributed by atoms with Crippen molar-refractivity contribution in [3.63, 3.8) is 0 Å². The first-order valence-corrected chi connectivity index (χ1v) is 8.65. The average molecular weight is 311 g/mol. The number of nitrogens with zero attached hydrogens (tertiary/aromatic N) is 1. The summed E-state index contributed by atoms with van der Waals surface area (Å²) in [5, 5.41) is 5.51. The van der Waals surface area contributed by atoms with Crippen molar-refractivity contribution in [1.29, 1.82) is 0 Å². The van der Waals surface area contributed by atoms with Crippen molar-refractivity contribution in [2.45, 2.75) is 33.1 Å². The first-order valence-electron chi connectivity index (χ1n) is 8.65. The van der Waals surface area contributed by atoms with Crippen LogP contribution in [0, 0.1) is 6.92 Å². The molecule has 0 radical (unpaired) electrons. The van der Waals surface area contributed by atoms with Crippen molar-refractivity contribution < 1.29 is 0 Å². The third kappa shape index (κ3) is 1.60. The Hall–Kier alpha value is -2.54. The lowest BCUT2D eigenvalue weighted by Gasteiger charge is -2.20. The molecule has 5 aromatic rings. The van der Waals surface area contributed by atoms with Gasteiger partial charge in [-0.15, -0.1) is 0 Å². The minimum atomic E-state index is 0.123. The minimum absolute atomic E-state index is 0.123. The zero-order valence-corrected chi connectivity index (χ0v) is 14.6. The smallest absolute Gasteiger partial charge is 0.0623 e. The van der Waals surface area contributed by atoms with Gasteiger partial charge in [0, 0.05) is 21.5 Å². The monoisotopic (exact) mass is 311 g/mol. The van der Waals surface area contributed by atoms with Crippen LogP contribution in [0.3, 0.4) is 0 Å². The second-order valence-corrected chi connectivity index (χ2v) is 8.01. The van der Waals surface area contributed by atoms with Gasteiger partial charge in [-0.1, -0.05) is 63.2 Å². The maximum atomic E-state index is 2.47. The topological polar surface area (TPSA) is 4.41 Å². The Balaban J connectivity index is 2.19. The zero-order chi connectivity index (χ0) is 16.6. The summed E-state index contributed by atoms with van der Waals surface area (Å²) in [7, 11) is 0. The molecule has 0 N–H and O–H groups in total. The largest absolute Gasteiger partial charge is 0.308 e. The van der Waals surface area contributed by atoms with Crippen LogP contribution in [0.25, 0.3) is 38.1 Å². The summed E-state index contributed by atoms with van der Waals surface area (Å²) in [6, 6.07) is 20.3. The lowest BCUT2D eigenvalue weighted by atomic mass is 9.83. The number of fused-ring (bicyclic) bond motifs is 6. The van der Waals surface area contributed by atoms with E-state index in [1.165, 1.54) is 49.2 Å². The summed E-state index contributed by atoms with van der Waals surface area (Å²) in [4.78, 5) is 0. The molecule has 0 saturated carbocycles. The van der Waals surface area contributed by atoms with Gasteiger partial charge in [-0.05, 0) is 35.6 Å². The van der Waals surface area contributed by atoms with E-state index in [1.54, 1.807) is 0 Å². The van der Waals surface area contributed by atoms with Crippen LogP contribution in [0.4, 0.5) is 0 Å². The second-order valence-electron chi connectivity index (χ2n) is 8.01. The molecule has 0 spiro atoms. The van der Waals surface area contributed by atoms with Crippen LogP contribution in [-0.4, -0.2) is 4.40 Å². The molecule has 1 nitrogen and oxygen atoms in total. The van der Waals surface area contributed by atoms with Gasteiger partial charge in [-0.25, -0.2) is 0 Å². The standard InChI is InChI=1S/C23H21N/c1-14-9-10-15-16-11-12-18(23(2,3)4)21-17-7-5-6-8-19(17)24(22(16)21)20(15)13-14/h5-13H,1-4H3. The third-order valence-electron chi connectivity index (χ3n) is 5.31. The molecular weight excluding hydrogens is 290 g/mol. The number of hydrogen-bond acceptors (Lipinski definition) is 0. The molecule has 118 valence electrons. The van der Waals surface area contributed by atoms with Crippen molar-refractivity contribution in [2.24, 2.45) is 0 Å². The van der Waals surface area contributed by atoms with Gasteiger partial charge in [-0.3, -0.25) is 0 Å². The number of rotatable bonds is 0. The summed E-state index contributed by atoms with van der Waals surface area (Å²) in [6.45, 7) is 9.10. The van der Waals surface area contributed by atoms with Crippen LogP contribution in [0.2, 0.25) is 0 Å². The quantitative estimate of drug-likeness (QED) is 0.310. The molecule has 2 aromatic heterocycles. The summed E-state index contributed by atoms with van der Waals surface area (Å²) < 4.78 is 2.47. The fourth-order valence-corrected chi connectivity index (χ4v) is 4.24. The molecule has 5 rings (SSSR count). The molecule has 0 aliphatic carbocycles. The van der Waals surface area contributed by atoms with Gasteiger partial charge in [0.2, 0.25) is 0 Å². The Morgan fingerprint density at radius 3 is 2.29 bits per heavy atom. The van der Waals surface area contributed by atoms with Crippen LogP contribution in [0.5, 0.6) is 0 Å². The maximum absolute atomic E-state index is 2.47. The molecule has 0 fully saturated rings. The van der Waals surface area contributed by atoms with Gasteiger partial charge in [0.15, 0.2) is 0 Å². The Morgan fingerprint density at radius 2 is 1.50 bits per heavy atom. The van der Waals surface area contributed by atoms with Gasteiger partial charge in [0.1, 0.15) is 0 Å². The third-order valence-corrected chi connectivity index (χ3v) is 5.31. The maximum Gasteiger partial charge on any atom is 0.0623 e. The number of aryl methyl sites for hydroxylation is 1. The normalized spacial score (nSPS) is 13.0. The molecule has 0 atom stereocenters. The molecule has 1 heteroatoms. The van der Waals surface area contributed by atoms with Crippen LogP contribution >= 0.6 is 0 Å². The van der Waals surface area contributed by atoms with Crippen molar-refractivity contribution in [1.82, 2.24) is 4.40 Å². The van der Waals surface area contributed by atoms with E-state index < -0.39 is 0 Å². The zero-order valence-electron chi connectivity index (χ0n) is 14.6. The molecule has 3 aromatic carbocycles. The Bertz CT molecular complexity index is 1230. The number of benzene rings is 3. The minimum Gasteiger partial charge on any atom is -0.308 e. The van der Waals surface area contributed by atoms with Crippen LogP contribution in [0.1, 0.15) is 31.9 Å². The van der Waals surface area contributed by atoms with Gasteiger partial charge in [-0.2, -0.15) is 0 Å². The SMILES string of the molecule is Cc1ccc2c3ccc(C(C)(C)C)c4c5ccccc5n(c2c1)c34. The number of aromatic nitrogens is 1. The van der Waals surface area contributed by atoms with Crippen LogP contribution in [0.15, 0.2) is 54.6 Å². The second kappa shape index (κ2) is 4.30. The van der Waals surface area contributed by atoms with E-state index in [-0.39, 0.29) is 5.41 Å². The van der Waals surface area contributed by atoms with Crippen LogP contribution < -0.4 is 0 Å². The predicted molar refractivity (Wildman–Crippen MR) is 105 cm³/mol. The first-order chi connectivity index (χ1) is 11.5. The van der Waals surface area contributed by atoms with Crippen molar-refractivity contribution in [3.8, 4) is 0 Å². The highest BCUT2D eigenvalue weighted by atomic mass is 14.9. The van der Waals surface area contributed by atoms with E-state index in [4.69, 9.17) is 0 Å². The highest BCUT2D eigenvalue weighted by molar-refractivity contribution is 6.24. The van der Waals surface area contributed by atoms with Crippen molar-refractivity contribution >= 4 is 38.1 Å². The van der Waals surface area contributed by atoms with Gasteiger partial charge < -0.3 is 4.40 Å². The molecular formula is C23H21N. The molecule has 0 amide bonds. The fraction of sp³-hybridized carbons (Fsp3) is 0.217. The molecule has 0 bridgehead atoms. The van der Waals surface area contributed by atoms with E-state index in [9.17, 15) is 0 Å². The van der Waals surface area contributed by atoms with E-state index in [0.29, 0.717) is 0 Å². The predicted octanol–water partition coefficient (Wildman–Crippen LogP) is 6.44. The summed E-state index contributed by atoms with van der Waals surface area (Å²) in [6.07, 6.45) is 0. The molecule has 2 heterocycles. The summed E-state index contributed by atoms with van der Waals surface area (Å²) in [5.41, 5.74) is 6.88. The fourth-order valence-electron chi connectivity index (χ4n) is 4.24. The average Bonchev–Trinajstić information content (AvgIpc) is 3.04. The lowest BCUT2D eigenvalue weighted by molar-refractivity contribution is 0.596. The molecule has 0 saturated heterocycles. The molecule has 24 heavy (non-hydrogen) atoms. The van der Waals surface area contributed by atoms with E-state index in [2.05, 4.69) is 86.7 Å². The van der Waals surface area contributed by atoms with Crippen LogP contribution in [-0.2, 0) is 5.41 Å². The lowest BCUT2D eigenvalue weighted by Crippen LogP contribution is -2.11. The molecule has 0 unspecified atom stereocenters. The van der Waals surface area contributed by atoms with Gasteiger partial charge >= 0.3 is 0 Å². The number of para-hydroxylation sites is 1. The first kappa shape index (κ1) is 13.9. The Morgan fingerprint density at radius 1 is 0.750 bits per heavy atom. The highest BCUT2D eigenvalue weighted by Gasteiger charge is 2.24. The van der Waals surface area contributed by atoms with Gasteiger partial charge in [0.25, 0.3) is 0 Å². The number of hydrogen-bond donors (Lipinski definition) is 0. The van der Waals surface area contributed by atoms with E-state index in [1.807, 2.05) is 0 Å². The van der Waals surface area contributed by atoms with Crippen molar-refractivity contribution in [2.75, 3.05) is 0 Å². The summed E-state index contributed by atoms with van der Waals surface area (Å²) >= 11 is 0.